The molecule has 1 heteroatoms. The molecule has 1 aliphatic carbocycles. The predicted octanol–water partition coefficient (Wildman–Crippen LogP) is 3.16. The molecule has 0 heterocycles. The Balaban J connectivity index is 2.08. The van der Waals surface area contributed by atoms with Crippen molar-refractivity contribution in [1.82, 2.24) is 0 Å². The summed E-state index contributed by atoms with van der Waals surface area (Å²) in [5, 5.41) is 0. The number of ketones is 1. The molecule has 1 unspecified atom stereocenters. The molecule has 1 aromatic carbocycles. The van der Waals surface area contributed by atoms with Gasteiger partial charge in [0, 0.05) is 12.3 Å². The molecule has 0 fully saturated rings. The Morgan fingerprint density at radius 3 is 2.80 bits per heavy atom. The van der Waals surface area contributed by atoms with Crippen LogP contribution >= 0.6 is 0 Å². The molecule has 0 N–H and O–H groups in total. The van der Waals surface area contributed by atoms with E-state index in [2.05, 4.69) is 31.2 Å². The van der Waals surface area contributed by atoms with E-state index in [1.807, 2.05) is 0 Å². The number of aryl methyl sites for hydroxylation is 1. The monoisotopic (exact) mass is 202 g/mol. The highest BCUT2D eigenvalue weighted by Crippen LogP contribution is 2.26. The number of fused-ring (bicyclic) bond motifs is 1. The molecule has 0 radical (unpaired) electrons. The number of rotatable bonds is 3. The second-order valence-electron chi connectivity index (χ2n) is 4.42. The number of carbonyl (C=O) groups is 1. The van der Waals surface area contributed by atoms with Crippen molar-refractivity contribution in [3.8, 4) is 0 Å². The average Bonchev–Trinajstić information content (AvgIpc) is 2.29. The Morgan fingerprint density at radius 2 is 2.07 bits per heavy atom. The summed E-state index contributed by atoms with van der Waals surface area (Å²) in [6.45, 7) is 2.08. The van der Waals surface area contributed by atoms with E-state index >= 15 is 0 Å². The van der Waals surface area contributed by atoms with Crippen LogP contribution in [0, 0.1) is 5.92 Å². The van der Waals surface area contributed by atoms with Crippen molar-refractivity contribution < 1.29 is 4.79 Å². The Morgan fingerprint density at radius 1 is 1.33 bits per heavy atom. The number of carbonyl (C=O) groups excluding carboxylic acids is 1. The molecular formula is C14H18O. The minimum atomic E-state index is 0.292. The van der Waals surface area contributed by atoms with Gasteiger partial charge in [-0.25, -0.2) is 0 Å². The smallest absolute Gasteiger partial charge is 0.136 e. The molecule has 1 aliphatic rings. The van der Waals surface area contributed by atoms with Crippen LogP contribution in [0.5, 0.6) is 0 Å². The Bertz CT molecular complexity index is 354. The van der Waals surface area contributed by atoms with Gasteiger partial charge >= 0.3 is 0 Å². The zero-order valence-electron chi connectivity index (χ0n) is 9.33. The van der Waals surface area contributed by atoms with Gasteiger partial charge in [-0.3, -0.25) is 4.79 Å². The summed E-state index contributed by atoms with van der Waals surface area (Å²) < 4.78 is 0. The van der Waals surface area contributed by atoms with Crippen LogP contribution in [0.2, 0.25) is 0 Å². The van der Waals surface area contributed by atoms with Crippen LogP contribution in [-0.2, 0) is 17.6 Å². The molecule has 1 atom stereocenters. The van der Waals surface area contributed by atoms with Gasteiger partial charge in [0.2, 0.25) is 0 Å². The van der Waals surface area contributed by atoms with Crippen LogP contribution in [0.3, 0.4) is 0 Å². The molecule has 0 aliphatic heterocycles. The van der Waals surface area contributed by atoms with E-state index < -0.39 is 0 Å². The van der Waals surface area contributed by atoms with E-state index in [0.29, 0.717) is 11.7 Å². The van der Waals surface area contributed by atoms with Crippen LogP contribution in [0.15, 0.2) is 24.3 Å². The maximum atomic E-state index is 11.8. The number of Topliss-reactive ketones (excluding diaryl/α,β-unsaturated/α-hetero) is 1. The average molecular weight is 202 g/mol. The fourth-order valence-electron chi connectivity index (χ4n) is 2.42. The summed E-state index contributed by atoms with van der Waals surface area (Å²) >= 11 is 0. The molecule has 0 saturated carbocycles. The van der Waals surface area contributed by atoms with Gasteiger partial charge < -0.3 is 0 Å². The van der Waals surface area contributed by atoms with E-state index in [1.54, 1.807) is 0 Å². The molecule has 1 aromatic rings. The van der Waals surface area contributed by atoms with Crippen molar-refractivity contribution in [2.24, 2.45) is 5.92 Å². The number of hydrogen-bond acceptors (Lipinski definition) is 1. The quantitative estimate of drug-likeness (QED) is 0.735. The lowest BCUT2D eigenvalue weighted by molar-refractivity contribution is -0.123. The van der Waals surface area contributed by atoms with Gasteiger partial charge in [-0.2, -0.15) is 0 Å². The third-order valence-corrected chi connectivity index (χ3v) is 3.30. The van der Waals surface area contributed by atoms with E-state index in [4.69, 9.17) is 0 Å². The summed E-state index contributed by atoms with van der Waals surface area (Å²) in [5.41, 5.74) is 2.83. The third kappa shape index (κ3) is 2.28. The highest BCUT2D eigenvalue weighted by molar-refractivity contribution is 5.81. The van der Waals surface area contributed by atoms with Crippen LogP contribution in [0.1, 0.15) is 37.3 Å². The van der Waals surface area contributed by atoms with Gasteiger partial charge in [0.1, 0.15) is 5.78 Å². The van der Waals surface area contributed by atoms with Crippen molar-refractivity contribution in [2.75, 3.05) is 0 Å². The fourth-order valence-corrected chi connectivity index (χ4v) is 2.42. The summed E-state index contributed by atoms with van der Waals surface area (Å²) in [7, 11) is 0. The zero-order valence-corrected chi connectivity index (χ0v) is 9.33. The van der Waals surface area contributed by atoms with Gasteiger partial charge in [0.15, 0.2) is 0 Å². The van der Waals surface area contributed by atoms with Crippen molar-refractivity contribution in [3.05, 3.63) is 35.4 Å². The molecule has 1 nitrogen and oxygen atoms in total. The molecule has 0 bridgehead atoms. The molecule has 0 saturated heterocycles. The second-order valence-corrected chi connectivity index (χ2v) is 4.42. The zero-order chi connectivity index (χ0) is 10.7. The van der Waals surface area contributed by atoms with E-state index in [-0.39, 0.29) is 0 Å². The lowest BCUT2D eigenvalue weighted by Gasteiger charge is -2.23. The number of hydrogen-bond donors (Lipinski definition) is 0. The normalized spacial score (nSPS) is 19.7. The molecular weight excluding hydrogens is 184 g/mol. The largest absolute Gasteiger partial charge is 0.299 e. The molecule has 0 amide bonds. The van der Waals surface area contributed by atoms with Crippen molar-refractivity contribution in [1.29, 1.82) is 0 Å². The summed E-state index contributed by atoms with van der Waals surface area (Å²) in [4.78, 5) is 11.8. The van der Waals surface area contributed by atoms with E-state index in [9.17, 15) is 4.79 Å². The van der Waals surface area contributed by atoms with E-state index in [0.717, 1.165) is 32.1 Å². The van der Waals surface area contributed by atoms with Crippen molar-refractivity contribution in [2.45, 2.75) is 39.0 Å². The van der Waals surface area contributed by atoms with Crippen LogP contribution in [-0.4, -0.2) is 5.78 Å². The first-order chi connectivity index (χ1) is 7.31. The lowest BCUT2D eigenvalue weighted by Crippen LogP contribution is -2.22. The van der Waals surface area contributed by atoms with Gasteiger partial charge in [-0.1, -0.05) is 31.2 Å². The fraction of sp³-hybridized carbons (Fsp3) is 0.500. The first-order valence-electron chi connectivity index (χ1n) is 5.90. The maximum Gasteiger partial charge on any atom is 0.136 e. The maximum absolute atomic E-state index is 11.8. The minimum Gasteiger partial charge on any atom is -0.299 e. The van der Waals surface area contributed by atoms with Gasteiger partial charge in [0.25, 0.3) is 0 Å². The topological polar surface area (TPSA) is 17.1 Å². The standard InChI is InChI=1S/C14H18O/c1-2-5-14(15)13-9-8-11-6-3-4-7-12(11)10-13/h3-4,6-7,13H,2,5,8-10H2,1H3. The Kier molecular flexibility index (Phi) is 3.20. The van der Waals surface area contributed by atoms with Crippen LogP contribution in [0.25, 0.3) is 0 Å². The summed E-state index contributed by atoms with van der Waals surface area (Å²) in [6.07, 6.45) is 4.84. The highest BCUT2D eigenvalue weighted by Gasteiger charge is 2.23. The van der Waals surface area contributed by atoms with Crippen molar-refractivity contribution in [3.63, 3.8) is 0 Å². The molecule has 0 spiro atoms. The van der Waals surface area contributed by atoms with Gasteiger partial charge in [0.05, 0.1) is 0 Å². The van der Waals surface area contributed by atoms with Crippen LogP contribution in [0.4, 0.5) is 0 Å². The lowest BCUT2D eigenvalue weighted by atomic mass is 9.81. The molecule has 80 valence electrons. The van der Waals surface area contributed by atoms with Gasteiger partial charge in [-0.15, -0.1) is 0 Å². The SMILES string of the molecule is CCCC(=O)C1CCc2ccccc2C1. The van der Waals surface area contributed by atoms with Gasteiger partial charge in [-0.05, 0) is 36.8 Å². The first kappa shape index (κ1) is 10.4. The highest BCUT2D eigenvalue weighted by atomic mass is 16.1. The summed E-state index contributed by atoms with van der Waals surface area (Å²) in [6, 6.07) is 8.52. The Labute approximate surface area is 91.5 Å². The minimum absolute atomic E-state index is 0.292. The Hall–Kier alpha value is -1.11. The summed E-state index contributed by atoms with van der Waals surface area (Å²) in [5.74, 6) is 0.756. The van der Waals surface area contributed by atoms with E-state index in [1.165, 1.54) is 11.1 Å². The second kappa shape index (κ2) is 4.61. The third-order valence-electron chi connectivity index (χ3n) is 3.30. The predicted molar refractivity (Wildman–Crippen MR) is 61.9 cm³/mol. The molecule has 15 heavy (non-hydrogen) atoms. The number of benzene rings is 1. The first-order valence-corrected chi connectivity index (χ1v) is 5.90. The van der Waals surface area contributed by atoms with Crippen molar-refractivity contribution >= 4 is 5.78 Å². The molecule has 2 rings (SSSR count). The molecule has 0 aromatic heterocycles. The van der Waals surface area contributed by atoms with Crippen LogP contribution < -0.4 is 0 Å².